The van der Waals surface area contributed by atoms with E-state index < -0.39 is 36.2 Å². The predicted molar refractivity (Wildman–Crippen MR) is 116 cm³/mol. The molecule has 0 saturated heterocycles. The van der Waals surface area contributed by atoms with E-state index >= 15 is 0 Å². The summed E-state index contributed by atoms with van der Waals surface area (Å²) >= 11 is 0. The standard InChI is InChI=1S/C21H27N7O5/c1-11-3-5-13(6-4-11)7-16(20(30)31)25-21(32)26-17(12(2)29)19-27-18(28-33-19)15(22)8-14-9-23-10-24-14/h3-6,9-10,12,15-17,29H,7-8,22H2,1-2H3,(H,23,24)(H,30,31)(H2,25,26,32)/t12?,15-,16-,17-/m0/s1. The first-order valence-corrected chi connectivity index (χ1v) is 10.3. The molecule has 0 spiro atoms. The minimum Gasteiger partial charge on any atom is -0.480 e. The van der Waals surface area contributed by atoms with E-state index in [9.17, 15) is 19.8 Å². The molecule has 0 aliphatic rings. The van der Waals surface area contributed by atoms with Crippen LogP contribution in [0.5, 0.6) is 0 Å². The second kappa shape index (κ2) is 10.7. The van der Waals surface area contributed by atoms with Crippen LogP contribution in [-0.2, 0) is 17.6 Å². The molecule has 12 heteroatoms. The van der Waals surface area contributed by atoms with E-state index in [0.29, 0.717) is 6.42 Å². The molecule has 33 heavy (non-hydrogen) atoms. The first-order valence-electron chi connectivity index (χ1n) is 10.3. The minimum absolute atomic E-state index is 0.0550. The maximum absolute atomic E-state index is 12.5. The SMILES string of the molecule is Cc1ccc(C[C@H](NC(=O)N[C@H](c2nc([C@@H](N)Cc3cnc[nH]3)no2)C(C)O)C(=O)O)cc1. The number of carboxylic acids is 1. The van der Waals surface area contributed by atoms with Crippen molar-refractivity contribution in [1.29, 1.82) is 0 Å². The van der Waals surface area contributed by atoms with E-state index in [1.165, 1.54) is 13.3 Å². The van der Waals surface area contributed by atoms with Crippen LogP contribution in [0.4, 0.5) is 4.79 Å². The Kier molecular flexibility index (Phi) is 7.74. The van der Waals surface area contributed by atoms with E-state index in [0.717, 1.165) is 16.8 Å². The zero-order chi connectivity index (χ0) is 24.0. The highest BCUT2D eigenvalue weighted by molar-refractivity contribution is 5.83. The van der Waals surface area contributed by atoms with Gasteiger partial charge in [-0.2, -0.15) is 4.98 Å². The Morgan fingerprint density at radius 1 is 1.21 bits per heavy atom. The summed E-state index contributed by atoms with van der Waals surface area (Å²) in [5, 5.41) is 28.4. The van der Waals surface area contributed by atoms with Crippen molar-refractivity contribution in [1.82, 2.24) is 30.7 Å². The highest BCUT2D eigenvalue weighted by Gasteiger charge is 2.29. The topological polar surface area (TPSA) is 192 Å². The second-order valence-corrected chi connectivity index (χ2v) is 7.79. The van der Waals surface area contributed by atoms with Crippen molar-refractivity contribution < 1.29 is 24.3 Å². The molecule has 2 amide bonds. The Labute approximate surface area is 189 Å². The van der Waals surface area contributed by atoms with Gasteiger partial charge in [0.05, 0.1) is 18.5 Å². The summed E-state index contributed by atoms with van der Waals surface area (Å²) < 4.78 is 5.20. The van der Waals surface area contributed by atoms with Gasteiger partial charge in [0.2, 0.25) is 0 Å². The molecule has 2 aromatic heterocycles. The summed E-state index contributed by atoms with van der Waals surface area (Å²) in [7, 11) is 0. The summed E-state index contributed by atoms with van der Waals surface area (Å²) in [5.74, 6) is -1.06. The van der Waals surface area contributed by atoms with Crippen LogP contribution in [0.3, 0.4) is 0 Å². The highest BCUT2D eigenvalue weighted by atomic mass is 16.5. The third kappa shape index (κ3) is 6.60. The normalized spacial score (nSPS) is 14.8. The molecule has 0 radical (unpaired) electrons. The van der Waals surface area contributed by atoms with Gasteiger partial charge in [-0.15, -0.1) is 0 Å². The van der Waals surface area contributed by atoms with Crippen molar-refractivity contribution in [2.24, 2.45) is 5.73 Å². The molecule has 0 aliphatic carbocycles. The van der Waals surface area contributed by atoms with Crippen LogP contribution in [0, 0.1) is 6.92 Å². The quantitative estimate of drug-likeness (QED) is 0.255. The molecule has 4 atom stereocenters. The van der Waals surface area contributed by atoms with Crippen molar-refractivity contribution in [3.63, 3.8) is 0 Å². The van der Waals surface area contributed by atoms with Gasteiger partial charge in [0.1, 0.15) is 12.1 Å². The van der Waals surface area contributed by atoms with Gasteiger partial charge in [-0.25, -0.2) is 14.6 Å². The highest BCUT2D eigenvalue weighted by Crippen LogP contribution is 2.18. The number of hydrogen-bond acceptors (Lipinski definition) is 8. The largest absolute Gasteiger partial charge is 0.480 e. The number of aliphatic hydroxyl groups is 1. The Hall–Kier alpha value is -3.77. The first-order chi connectivity index (χ1) is 15.7. The molecule has 0 saturated carbocycles. The lowest BCUT2D eigenvalue weighted by Crippen LogP contribution is -2.49. The molecule has 3 rings (SSSR count). The van der Waals surface area contributed by atoms with Crippen LogP contribution >= 0.6 is 0 Å². The first kappa shape index (κ1) is 23.9. The van der Waals surface area contributed by atoms with Gasteiger partial charge >= 0.3 is 12.0 Å². The van der Waals surface area contributed by atoms with E-state index in [-0.39, 0.29) is 18.1 Å². The number of H-pyrrole nitrogens is 1. The average molecular weight is 457 g/mol. The summed E-state index contributed by atoms with van der Waals surface area (Å²) in [4.78, 5) is 35.2. The second-order valence-electron chi connectivity index (χ2n) is 7.79. The molecule has 0 fully saturated rings. The number of carbonyl (C=O) groups excluding carboxylic acids is 1. The van der Waals surface area contributed by atoms with Crippen LogP contribution < -0.4 is 16.4 Å². The van der Waals surface area contributed by atoms with Crippen molar-refractivity contribution in [3.8, 4) is 0 Å². The number of imidazole rings is 1. The van der Waals surface area contributed by atoms with Crippen LogP contribution in [-0.4, -0.2) is 54.5 Å². The van der Waals surface area contributed by atoms with Gasteiger partial charge < -0.3 is 36.1 Å². The summed E-state index contributed by atoms with van der Waals surface area (Å²) in [6.07, 6.45) is 2.52. The van der Waals surface area contributed by atoms with E-state index in [4.69, 9.17) is 10.3 Å². The van der Waals surface area contributed by atoms with E-state index in [1.807, 2.05) is 19.1 Å². The monoisotopic (exact) mass is 457 g/mol. The summed E-state index contributed by atoms with van der Waals surface area (Å²) in [6, 6.07) is 3.68. The van der Waals surface area contributed by atoms with Crippen molar-refractivity contribution >= 4 is 12.0 Å². The zero-order valence-corrected chi connectivity index (χ0v) is 18.2. The minimum atomic E-state index is -1.19. The number of rotatable bonds is 10. The number of benzene rings is 1. The van der Waals surface area contributed by atoms with E-state index in [1.54, 1.807) is 18.3 Å². The summed E-state index contributed by atoms with van der Waals surface area (Å²) in [6.45, 7) is 3.35. The van der Waals surface area contributed by atoms with Crippen LogP contribution in [0.25, 0.3) is 0 Å². The fourth-order valence-electron chi connectivity index (χ4n) is 3.14. The molecule has 1 unspecified atom stereocenters. The lowest BCUT2D eigenvalue weighted by Gasteiger charge is -2.20. The van der Waals surface area contributed by atoms with Crippen molar-refractivity contribution in [3.05, 3.63) is 65.3 Å². The fraction of sp³-hybridized carbons (Fsp3) is 0.381. The van der Waals surface area contributed by atoms with Gasteiger partial charge in [0, 0.05) is 24.7 Å². The molecule has 0 bridgehead atoms. The fourth-order valence-corrected chi connectivity index (χ4v) is 3.14. The Balaban J connectivity index is 1.64. The number of carbonyl (C=O) groups is 2. The molecule has 7 N–H and O–H groups in total. The number of aliphatic carboxylic acids is 1. The van der Waals surface area contributed by atoms with Crippen LogP contribution in [0.15, 0.2) is 41.3 Å². The van der Waals surface area contributed by atoms with E-state index in [2.05, 4.69) is 30.7 Å². The van der Waals surface area contributed by atoms with Gasteiger partial charge in [0.25, 0.3) is 5.89 Å². The number of nitrogens with zero attached hydrogens (tertiary/aromatic N) is 3. The number of nitrogens with two attached hydrogens (primary N) is 1. The van der Waals surface area contributed by atoms with Gasteiger partial charge in [-0.05, 0) is 19.4 Å². The maximum Gasteiger partial charge on any atom is 0.326 e. The molecular formula is C21H27N7O5. The number of aliphatic hydroxyl groups excluding tert-OH is 1. The maximum atomic E-state index is 12.5. The van der Waals surface area contributed by atoms with Gasteiger partial charge in [0.15, 0.2) is 5.82 Å². The third-order valence-electron chi connectivity index (χ3n) is 4.98. The van der Waals surface area contributed by atoms with Crippen LogP contribution in [0.2, 0.25) is 0 Å². The zero-order valence-electron chi connectivity index (χ0n) is 18.2. The predicted octanol–water partition coefficient (Wildman–Crippen LogP) is 0.761. The lowest BCUT2D eigenvalue weighted by molar-refractivity contribution is -0.139. The number of aromatic nitrogens is 4. The number of aryl methyl sites for hydroxylation is 1. The molecular weight excluding hydrogens is 430 g/mol. The number of hydrogen-bond donors (Lipinski definition) is 6. The Morgan fingerprint density at radius 3 is 2.55 bits per heavy atom. The number of carboxylic acid groups (broad SMARTS) is 1. The molecule has 0 aliphatic heterocycles. The molecule has 3 aromatic rings. The van der Waals surface area contributed by atoms with Crippen LogP contribution in [0.1, 0.15) is 47.5 Å². The molecule has 1 aromatic carbocycles. The molecule has 12 nitrogen and oxygen atoms in total. The average Bonchev–Trinajstić information content (AvgIpc) is 3.45. The lowest BCUT2D eigenvalue weighted by atomic mass is 10.0. The number of urea groups is 1. The van der Waals surface area contributed by atoms with Gasteiger partial charge in [-0.1, -0.05) is 35.0 Å². The number of nitrogens with one attached hydrogen (secondary N) is 3. The smallest absolute Gasteiger partial charge is 0.326 e. The number of amides is 2. The van der Waals surface area contributed by atoms with Crippen molar-refractivity contribution in [2.45, 2.75) is 50.9 Å². The molecule has 176 valence electrons. The summed E-state index contributed by atoms with van der Waals surface area (Å²) in [5.41, 5.74) is 8.68. The third-order valence-corrected chi connectivity index (χ3v) is 4.98. The number of aromatic amines is 1. The Bertz CT molecular complexity index is 1050. The van der Waals surface area contributed by atoms with Crippen molar-refractivity contribution in [2.75, 3.05) is 0 Å². The molecule has 2 heterocycles. The van der Waals surface area contributed by atoms with Gasteiger partial charge in [-0.3, -0.25) is 0 Å². The Morgan fingerprint density at radius 2 is 1.94 bits per heavy atom.